The molecule has 0 saturated heterocycles. The maximum atomic E-state index is 12.6. The molecule has 0 spiro atoms. The van der Waals surface area contributed by atoms with E-state index in [0.29, 0.717) is 17.8 Å². The maximum absolute atomic E-state index is 12.6. The smallest absolute Gasteiger partial charge is 0.339 e. The number of fused-ring (bicyclic) bond motifs is 1. The standard InChI is InChI=1S/C19H17N3O5/c1-26-18(24)13-5-3-12(4-6-13)9-20-15-10-21-16-8-7-14(19(25)27-2)11-22(16)17(15)23/h3-8,10-11,20H,9H2,1-2H3. The summed E-state index contributed by atoms with van der Waals surface area (Å²) in [6.07, 6.45) is 2.84. The quantitative estimate of drug-likeness (QED) is 0.687. The van der Waals surface area contributed by atoms with Gasteiger partial charge in [0.15, 0.2) is 0 Å². The molecule has 138 valence electrons. The van der Waals surface area contributed by atoms with Crippen molar-refractivity contribution in [1.82, 2.24) is 9.38 Å². The molecule has 0 aliphatic rings. The molecule has 8 heteroatoms. The van der Waals surface area contributed by atoms with E-state index in [1.54, 1.807) is 36.4 Å². The number of benzene rings is 1. The molecule has 0 aliphatic heterocycles. The van der Waals surface area contributed by atoms with Gasteiger partial charge in [0.05, 0.1) is 31.5 Å². The third kappa shape index (κ3) is 3.79. The van der Waals surface area contributed by atoms with Crippen LogP contribution in [0.2, 0.25) is 0 Å². The van der Waals surface area contributed by atoms with E-state index in [2.05, 4.69) is 19.8 Å². The van der Waals surface area contributed by atoms with Crippen molar-refractivity contribution in [1.29, 1.82) is 0 Å². The van der Waals surface area contributed by atoms with Crippen molar-refractivity contribution in [2.24, 2.45) is 0 Å². The number of carbonyl (C=O) groups excluding carboxylic acids is 2. The molecule has 27 heavy (non-hydrogen) atoms. The lowest BCUT2D eigenvalue weighted by Crippen LogP contribution is -2.20. The molecule has 0 bridgehead atoms. The molecule has 1 aromatic carbocycles. The summed E-state index contributed by atoms with van der Waals surface area (Å²) in [6, 6.07) is 9.95. The minimum absolute atomic E-state index is 0.254. The first-order chi connectivity index (χ1) is 13.0. The molecule has 2 heterocycles. The highest BCUT2D eigenvalue weighted by molar-refractivity contribution is 5.89. The van der Waals surface area contributed by atoms with Crippen LogP contribution in [0.5, 0.6) is 0 Å². The molecule has 0 radical (unpaired) electrons. The second kappa shape index (κ2) is 7.69. The molecular formula is C19H17N3O5. The van der Waals surface area contributed by atoms with Gasteiger partial charge < -0.3 is 14.8 Å². The van der Waals surface area contributed by atoms with E-state index in [4.69, 9.17) is 0 Å². The van der Waals surface area contributed by atoms with E-state index < -0.39 is 11.9 Å². The van der Waals surface area contributed by atoms with Crippen LogP contribution in [0.4, 0.5) is 5.69 Å². The van der Waals surface area contributed by atoms with Gasteiger partial charge in [0.25, 0.3) is 5.56 Å². The van der Waals surface area contributed by atoms with Crippen molar-refractivity contribution in [3.8, 4) is 0 Å². The monoisotopic (exact) mass is 367 g/mol. The number of hydrogen-bond donors (Lipinski definition) is 1. The first-order valence-electron chi connectivity index (χ1n) is 8.04. The lowest BCUT2D eigenvalue weighted by atomic mass is 10.1. The van der Waals surface area contributed by atoms with Gasteiger partial charge in [-0.25, -0.2) is 14.6 Å². The van der Waals surface area contributed by atoms with Crippen molar-refractivity contribution < 1.29 is 19.1 Å². The first-order valence-corrected chi connectivity index (χ1v) is 8.04. The van der Waals surface area contributed by atoms with E-state index >= 15 is 0 Å². The number of anilines is 1. The summed E-state index contributed by atoms with van der Waals surface area (Å²) in [6.45, 7) is 0.362. The highest BCUT2D eigenvalue weighted by atomic mass is 16.5. The predicted molar refractivity (Wildman–Crippen MR) is 97.9 cm³/mol. The fourth-order valence-corrected chi connectivity index (χ4v) is 2.51. The zero-order valence-electron chi connectivity index (χ0n) is 14.8. The van der Waals surface area contributed by atoms with Gasteiger partial charge >= 0.3 is 11.9 Å². The Balaban J connectivity index is 1.82. The highest BCUT2D eigenvalue weighted by Crippen LogP contribution is 2.10. The normalized spacial score (nSPS) is 10.4. The fraction of sp³-hybridized carbons (Fsp3) is 0.158. The van der Waals surface area contributed by atoms with Gasteiger partial charge in [-0.05, 0) is 29.8 Å². The number of esters is 2. The Hall–Kier alpha value is -3.68. The Bertz CT molecular complexity index is 1060. The zero-order chi connectivity index (χ0) is 19.4. The van der Waals surface area contributed by atoms with Crippen molar-refractivity contribution in [2.45, 2.75) is 6.54 Å². The second-order valence-electron chi connectivity index (χ2n) is 5.66. The summed E-state index contributed by atoms with van der Waals surface area (Å²) in [5.41, 5.74) is 1.94. The molecule has 3 aromatic rings. The number of nitrogens with one attached hydrogen (secondary N) is 1. The predicted octanol–water partition coefficient (Wildman–Crippen LogP) is 1.88. The second-order valence-corrected chi connectivity index (χ2v) is 5.66. The Labute approximate surface area is 154 Å². The largest absolute Gasteiger partial charge is 0.465 e. The molecule has 0 unspecified atom stereocenters. The Morgan fingerprint density at radius 1 is 1.00 bits per heavy atom. The zero-order valence-corrected chi connectivity index (χ0v) is 14.8. The van der Waals surface area contributed by atoms with Crippen molar-refractivity contribution in [3.63, 3.8) is 0 Å². The Kier molecular flexibility index (Phi) is 5.16. The number of carbonyl (C=O) groups is 2. The molecule has 0 aliphatic carbocycles. The number of nitrogens with zero attached hydrogens (tertiary/aromatic N) is 2. The van der Waals surface area contributed by atoms with Crippen LogP contribution in [0.15, 0.2) is 53.6 Å². The van der Waals surface area contributed by atoms with Gasteiger partial charge in [-0.1, -0.05) is 12.1 Å². The van der Waals surface area contributed by atoms with Crippen molar-refractivity contribution in [2.75, 3.05) is 19.5 Å². The average molecular weight is 367 g/mol. The molecule has 0 fully saturated rings. The van der Waals surface area contributed by atoms with E-state index in [1.165, 1.54) is 31.0 Å². The topological polar surface area (TPSA) is 99.0 Å². The number of rotatable bonds is 5. The molecule has 1 N–H and O–H groups in total. The van der Waals surface area contributed by atoms with Crippen LogP contribution in [0.1, 0.15) is 26.3 Å². The van der Waals surface area contributed by atoms with Crippen molar-refractivity contribution in [3.05, 3.63) is 75.8 Å². The molecule has 0 amide bonds. The first kappa shape index (κ1) is 18.1. The van der Waals surface area contributed by atoms with Crippen molar-refractivity contribution >= 4 is 23.3 Å². The summed E-state index contributed by atoms with van der Waals surface area (Å²) in [4.78, 5) is 40.0. The molecule has 2 aromatic heterocycles. The van der Waals surface area contributed by atoms with Crippen LogP contribution in [-0.4, -0.2) is 35.5 Å². The molecule has 0 saturated carbocycles. The highest BCUT2D eigenvalue weighted by Gasteiger charge is 2.10. The van der Waals surface area contributed by atoms with E-state index in [0.717, 1.165) is 5.56 Å². The van der Waals surface area contributed by atoms with Crippen LogP contribution >= 0.6 is 0 Å². The number of pyridine rings is 1. The van der Waals surface area contributed by atoms with Gasteiger partial charge in [0.1, 0.15) is 11.3 Å². The van der Waals surface area contributed by atoms with E-state index in [9.17, 15) is 14.4 Å². The van der Waals surface area contributed by atoms with Crippen LogP contribution in [0, 0.1) is 0 Å². The van der Waals surface area contributed by atoms with Crippen LogP contribution in [0.25, 0.3) is 5.65 Å². The molecular weight excluding hydrogens is 350 g/mol. The minimum Gasteiger partial charge on any atom is -0.465 e. The van der Waals surface area contributed by atoms with E-state index in [1.807, 2.05) is 0 Å². The summed E-state index contributed by atoms with van der Waals surface area (Å²) < 4.78 is 10.6. The molecule has 8 nitrogen and oxygen atoms in total. The summed E-state index contributed by atoms with van der Waals surface area (Å²) in [5.74, 6) is -0.944. The average Bonchev–Trinajstić information content (AvgIpc) is 2.72. The minimum atomic E-state index is -0.534. The summed E-state index contributed by atoms with van der Waals surface area (Å²) in [5, 5.41) is 3.02. The number of methoxy groups -OCH3 is 2. The van der Waals surface area contributed by atoms with Gasteiger partial charge in [-0.3, -0.25) is 9.20 Å². The third-order valence-electron chi connectivity index (χ3n) is 3.98. The fourth-order valence-electron chi connectivity index (χ4n) is 2.51. The van der Waals surface area contributed by atoms with Gasteiger partial charge in [-0.15, -0.1) is 0 Å². The number of aromatic nitrogens is 2. The molecule has 0 atom stereocenters. The van der Waals surface area contributed by atoms with Crippen LogP contribution in [-0.2, 0) is 16.0 Å². The molecule has 3 rings (SSSR count). The van der Waals surface area contributed by atoms with Crippen LogP contribution < -0.4 is 10.9 Å². The van der Waals surface area contributed by atoms with E-state index in [-0.39, 0.29) is 16.8 Å². The lowest BCUT2D eigenvalue weighted by Gasteiger charge is -2.09. The number of ether oxygens (including phenoxy) is 2. The Morgan fingerprint density at radius 2 is 1.63 bits per heavy atom. The Morgan fingerprint density at radius 3 is 2.30 bits per heavy atom. The lowest BCUT2D eigenvalue weighted by molar-refractivity contribution is 0.0591. The summed E-state index contributed by atoms with van der Waals surface area (Å²) >= 11 is 0. The maximum Gasteiger partial charge on any atom is 0.339 e. The van der Waals surface area contributed by atoms with Gasteiger partial charge in [-0.2, -0.15) is 0 Å². The summed E-state index contributed by atoms with van der Waals surface area (Å²) in [7, 11) is 2.60. The SMILES string of the molecule is COC(=O)c1ccc(CNc2cnc3ccc(C(=O)OC)cn3c2=O)cc1. The van der Waals surface area contributed by atoms with Crippen LogP contribution in [0.3, 0.4) is 0 Å². The third-order valence-corrected chi connectivity index (χ3v) is 3.98. The number of hydrogen-bond acceptors (Lipinski definition) is 7. The van der Waals surface area contributed by atoms with Gasteiger partial charge in [0.2, 0.25) is 0 Å². The van der Waals surface area contributed by atoms with Gasteiger partial charge in [0, 0.05) is 12.7 Å².